The van der Waals surface area contributed by atoms with Crippen LogP contribution in [0.25, 0.3) is 0 Å². The van der Waals surface area contributed by atoms with Crippen LogP contribution in [0, 0.1) is 0 Å². The van der Waals surface area contributed by atoms with Crippen LogP contribution in [-0.4, -0.2) is 36.1 Å². The van der Waals surface area contributed by atoms with E-state index in [1.807, 2.05) is 6.92 Å². The Balaban J connectivity index is 1.85. The quantitative estimate of drug-likeness (QED) is 0.651. The van der Waals surface area contributed by atoms with Gasteiger partial charge in [0.05, 0.1) is 13.2 Å². The van der Waals surface area contributed by atoms with Crippen LogP contribution in [0.15, 0.2) is 0 Å². The van der Waals surface area contributed by atoms with Gasteiger partial charge in [0.15, 0.2) is 0 Å². The van der Waals surface area contributed by atoms with Crippen molar-refractivity contribution < 1.29 is 9.53 Å². The lowest BCUT2D eigenvalue weighted by atomic mass is 10.2. The monoisotopic (exact) mass is 211 g/mol. The number of carbonyl (C=O) groups excluding carboxylic acids is 1. The van der Waals surface area contributed by atoms with Gasteiger partial charge >= 0.3 is 5.97 Å². The summed E-state index contributed by atoms with van der Waals surface area (Å²) in [4.78, 5) is 13.9. The van der Waals surface area contributed by atoms with Gasteiger partial charge in [-0.25, -0.2) is 0 Å². The van der Waals surface area contributed by atoms with Crippen LogP contribution in [0.3, 0.4) is 0 Å². The van der Waals surface area contributed by atoms with Gasteiger partial charge in [-0.2, -0.15) is 0 Å². The molecular weight excluding hydrogens is 190 g/mol. The van der Waals surface area contributed by atoms with E-state index in [0.29, 0.717) is 25.2 Å². The van der Waals surface area contributed by atoms with Crippen molar-refractivity contribution in [3.8, 4) is 0 Å². The number of hydrogen-bond donors (Lipinski definition) is 0. The van der Waals surface area contributed by atoms with Crippen LogP contribution >= 0.6 is 0 Å². The van der Waals surface area contributed by atoms with Crippen molar-refractivity contribution in [3.05, 3.63) is 0 Å². The average Bonchev–Trinajstić information content (AvgIpc) is 2.90. The second-order valence-electron chi connectivity index (χ2n) is 4.65. The molecule has 15 heavy (non-hydrogen) atoms. The number of rotatable bonds is 5. The minimum Gasteiger partial charge on any atom is -0.465 e. The highest BCUT2D eigenvalue weighted by Crippen LogP contribution is 2.34. The highest BCUT2D eigenvalue weighted by Gasteiger charge is 2.36. The molecule has 0 N–H and O–H groups in total. The van der Waals surface area contributed by atoms with Gasteiger partial charge in [0.2, 0.25) is 0 Å². The number of nitrogens with zero attached hydrogens (tertiary/aromatic N) is 1. The summed E-state index contributed by atoms with van der Waals surface area (Å²) in [6.45, 7) is 2.89. The molecule has 0 radical (unpaired) electrons. The second-order valence-corrected chi connectivity index (χ2v) is 4.65. The first-order valence-corrected chi connectivity index (χ1v) is 6.22. The molecule has 0 aromatic heterocycles. The maximum Gasteiger partial charge on any atom is 0.320 e. The molecule has 0 atom stereocenters. The third-order valence-electron chi connectivity index (χ3n) is 3.43. The third-order valence-corrected chi connectivity index (χ3v) is 3.43. The maximum atomic E-state index is 11.5. The topological polar surface area (TPSA) is 29.5 Å². The van der Waals surface area contributed by atoms with Crippen LogP contribution in [0.2, 0.25) is 0 Å². The summed E-state index contributed by atoms with van der Waals surface area (Å²) in [7, 11) is 0. The predicted molar refractivity (Wildman–Crippen MR) is 58.6 cm³/mol. The minimum atomic E-state index is -0.0451. The van der Waals surface area contributed by atoms with Crippen molar-refractivity contribution in [3.63, 3.8) is 0 Å². The standard InChI is InChI=1S/C12H21NO2/c1-2-15-12(14)9-13(11-7-8-11)10-5-3-4-6-10/h10-11H,2-9H2,1H3. The van der Waals surface area contributed by atoms with Crippen molar-refractivity contribution in [1.82, 2.24) is 4.90 Å². The Kier molecular flexibility index (Phi) is 3.62. The summed E-state index contributed by atoms with van der Waals surface area (Å²) in [6.07, 6.45) is 7.76. The normalized spacial score (nSPS) is 22.3. The molecule has 2 aliphatic rings. The molecule has 0 aromatic carbocycles. The molecule has 2 aliphatic carbocycles. The van der Waals surface area contributed by atoms with Crippen LogP contribution in [-0.2, 0) is 9.53 Å². The van der Waals surface area contributed by atoms with E-state index in [1.54, 1.807) is 0 Å². The number of esters is 1. The van der Waals surface area contributed by atoms with Gasteiger partial charge in [-0.1, -0.05) is 12.8 Å². The molecule has 0 spiro atoms. The molecule has 2 rings (SSSR count). The molecule has 86 valence electrons. The van der Waals surface area contributed by atoms with E-state index in [1.165, 1.54) is 38.5 Å². The van der Waals surface area contributed by atoms with Crippen LogP contribution in [0.1, 0.15) is 45.4 Å². The van der Waals surface area contributed by atoms with Gasteiger partial charge in [0.1, 0.15) is 0 Å². The molecule has 0 heterocycles. The molecular formula is C12H21NO2. The van der Waals surface area contributed by atoms with Gasteiger partial charge in [0.25, 0.3) is 0 Å². The lowest BCUT2D eigenvalue weighted by Gasteiger charge is -2.27. The van der Waals surface area contributed by atoms with E-state index in [-0.39, 0.29) is 5.97 Å². The molecule has 0 unspecified atom stereocenters. The van der Waals surface area contributed by atoms with Crippen molar-refractivity contribution in [1.29, 1.82) is 0 Å². The van der Waals surface area contributed by atoms with E-state index < -0.39 is 0 Å². The molecule has 0 aliphatic heterocycles. The molecule has 0 saturated heterocycles. The molecule has 2 saturated carbocycles. The smallest absolute Gasteiger partial charge is 0.320 e. The maximum absolute atomic E-state index is 11.5. The lowest BCUT2D eigenvalue weighted by molar-refractivity contribution is -0.145. The zero-order valence-electron chi connectivity index (χ0n) is 9.58. The number of ether oxygens (including phenoxy) is 1. The largest absolute Gasteiger partial charge is 0.465 e. The second kappa shape index (κ2) is 4.97. The molecule has 2 fully saturated rings. The van der Waals surface area contributed by atoms with Gasteiger partial charge in [-0.3, -0.25) is 9.69 Å². The zero-order chi connectivity index (χ0) is 10.7. The number of carbonyl (C=O) groups is 1. The van der Waals surface area contributed by atoms with E-state index in [9.17, 15) is 4.79 Å². The fourth-order valence-corrected chi connectivity index (χ4v) is 2.55. The third kappa shape index (κ3) is 2.94. The van der Waals surface area contributed by atoms with Crippen LogP contribution in [0.5, 0.6) is 0 Å². The van der Waals surface area contributed by atoms with Crippen molar-refractivity contribution >= 4 is 5.97 Å². The average molecular weight is 211 g/mol. The molecule has 3 nitrogen and oxygen atoms in total. The highest BCUT2D eigenvalue weighted by molar-refractivity contribution is 5.71. The lowest BCUT2D eigenvalue weighted by Crippen LogP contribution is -2.39. The zero-order valence-corrected chi connectivity index (χ0v) is 9.58. The molecule has 0 bridgehead atoms. The summed E-state index contributed by atoms with van der Waals surface area (Å²) < 4.78 is 5.03. The van der Waals surface area contributed by atoms with E-state index in [2.05, 4.69) is 4.90 Å². The van der Waals surface area contributed by atoms with Crippen molar-refractivity contribution in [2.45, 2.75) is 57.5 Å². The summed E-state index contributed by atoms with van der Waals surface area (Å²) in [5.74, 6) is -0.0451. The summed E-state index contributed by atoms with van der Waals surface area (Å²) >= 11 is 0. The Bertz CT molecular complexity index is 220. The Labute approximate surface area is 91.8 Å². The van der Waals surface area contributed by atoms with Crippen LogP contribution in [0.4, 0.5) is 0 Å². The summed E-state index contributed by atoms with van der Waals surface area (Å²) in [5.41, 5.74) is 0. The predicted octanol–water partition coefficient (Wildman–Crippen LogP) is 1.96. The van der Waals surface area contributed by atoms with E-state index in [4.69, 9.17) is 4.74 Å². The Morgan fingerprint density at radius 2 is 1.80 bits per heavy atom. The minimum absolute atomic E-state index is 0.0451. The Morgan fingerprint density at radius 3 is 2.33 bits per heavy atom. The Hall–Kier alpha value is -0.570. The van der Waals surface area contributed by atoms with E-state index in [0.717, 1.165) is 0 Å². The number of hydrogen-bond acceptors (Lipinski definition) is 3. The van der Waals surface area contributed by atoms with Gasteiger partial charge < -0.3 is 4.74 Å². The SMILES string of the molecule is CCOC(=O)CN(C1CCCC1)C1CC1. The Morgan fingerprint density at radius 1 is 1.20 bits per heavy atom. The summed E-state index contributed by atoms with van der Waals surface area (Å²) in [6, 6.07) is 1.33. The van der Waals surface area contributed by atoms with Crippen molar-refractivity contribution in [2.24, 2.45) is 0 Å². The first-order chi connectivity index (χ1) is 7.31. The van der Waals surface area contributed by atoms with Gasteiger partial charge in [-0.15, -0.1) is 0 Å². The molecule has 3 heteroatoms. The van der Waals surface area contributed by atoms with Gasteiger partial charge in [0, 0.05) is 12.1 Å². The first kappa shape index (κ1) is 10.9. The highest BCUT2D eigenvalue weighted by atomic mass is 16.5. The summed E-state index contributed by atoms with van der Waals surface area (Å²) in [5, 5.41) is 0. The van der Waals surface area contributed by atoms with Crippen molar-refractivity contribution in [2.75, 3.05) is 13.2 Å². The molecule has 0 aromatic rings. The molecule has 0 amide bonds. The van der Waals surface area contributed by atoms with Crippen LogP contribution < -0.4 is 0 Å². The fourth-order valence-electron chi connectivity index (χ4n) is 2.55. The first-order valence-electron chi connectivity index (χ1n) is 6.22. The van der Waals surface area contributed by atoms with E-state index >= 15 is 0 Å². The van der Waals surface area contributed by atoms with Gasteiger partial charge in [-0.05, 0) is 32.6 Å². The fraction of sp³-hybridized carbons (Fsp3) is 0.917.